The van der Waals surface area contributed by atoms with Crippen LogP contribution in [-0.4, -0.2) is 31.1 Å². The lowest BCUT2D eigenvalue weighted by atomic mass is 9.90. The summed E-state index contributed by atoms with van der Waals surface area (Å²) in [4.78, 5) is 11.8. The first-order valence-electron chi connectivity index (χ1n) is 5.42. The molecule has 1 fully saturated rings. The fourth-order valence-corrected chi connectivity index (χ4v) is 1.75. The first kappa shape index (κ1) is 11.5. The molecule has 1 rings (SSSR count). The monoisotopic (exact) mass is 199 g/mol. The lowest BCUT2D eigenvalue weighted by Gasteiger charge is -2.33. The number of hydrogen-bond acceptors (Lipinski definition) is 3. The Balaban J connectivity index is 2.33. The molecule has 82 valence electrons. The number of piperidine rings is 1. The summed E-state index contributed by atoms with van der Waals surface area (Å²) in [5.41, 5.74) is 5.00. The molecule has 0 aliphatic carbocycles. The summed E-state index contributed by atoms with van der Waals surface area (Å²) in [7, 11) is 0. The van der Waals surface area contributed by atoms with Crippen molar-refractivity contribution in [2.24, 2.45) is 5.73 Å². The number of nitrogens with one attached hydrogen (secondary N) is 2. The zero-order valence-electron chi connectivity index (χ0n) is 8.94. The molecule has 0 aromatic rings. The van der Waals surface area contributed by atoms with Crippen molar-refractivity contribution in [3.63, 3.8) is 0 Å². The van der Waals surface area contributed by atoms with Crippen LogP contribution in [0, 0.1) is 0 Å². The van der Waals surface area contributed by atoms with Crippen molar-refractivity contribution in [1.82, 2.24) is 10.6 Å². The Morgan fingerprint density at radius 2 is 2.36 bits per heavy atom. The summed E-state index contributed by atoms with van der Waals surface area (Å²) in [6, 6.07) is 0. The molecular formula is C10H21N3O. The van der Waals surface area contributed by atoms with E-state index in [2.05, 4.69) is 10.6 Å². The van der Waals surface area contributed by atoms with E-state index in [9.17, 15) is 4.79 Å². The maximum Gasteiger partial charge on any atom is 0.240 e. The number of rotatable bonds is 4. The summed E-state index contributed by atoms with van der Waals surface area (Å²) in [5.74, 6) is 0.116. The van der Waals surface area contributed by atoms with E-state index < -0.39 is 0 Å². The van der Waals surface area contributed by atoms with Crippen LogP contribution in [0.2, 0.25) is 0 Å². The molecule has 4 heteroatoms. The summed E-state index contributed by atoms with van der Waals surface area (Å²) >= 11 is 0. The molecule has 1 aliphatic rings. The number of amides is 1. The van der Waals surface area contributed by atoms with Crippen LogP contribution < -0.4 is 16.4 Å². The van der Waals surface area contributed by atoms with Crippen molar-refractivity contribution >= 4 is 5.91 Å². The van der Waals surface area contributed by atoms with Crippen molar-refractivity contribution < 1.29 is 4.79 Å². The van der Waals surface area contributed by atoms with Crippen LogP contribution in [0.1, 0.15) is 32.6 Å². The number of carbonyl (C=O) groups excluding carboxylic acids is 1. The zero-order valence-corrected chi connectivity index (χ0v) is 8.94. The molecule has 0 aromatic heterocycles. The van der Waals surface area contributed by atoms with E-state index in [-0.39, 0.29) is 11.4 Å². The average Bonchev–Trinajstić information content (AvgIpc) is 2.19. The number of hydrogen-bond donors (Lipinski definition) is 3. The Kier molecular flexibility index (Phi) is 4.35. The predicted octanol–water partition coefficient (Wildman–Crippen LogP) is -0.0164. The third-order valence-corrected chi connectivity index (χ3v) is 2.79. The molecule has 1 heterocycles. The van der Waals surface area contributed by atoms with Gasteiger partial charge in [0.15, 0.2) is 0 Å². The van der Waals surface area contributed by atoms with Crippen LogP contribution in [-0.2, 0) is 4.79 Å². The van der Waals surface area contributed by atoms with Gasteiger partial charge >= 0.3 is 0 Å². The lowest BCUT2D eigenvalue weighted by molar-refractivity contribution is -0.127. The topological polar surface area (TPSA) is 67.2 Å². The fraction of sp³-hybridized carbons (Fsp3) is 0.900. The molecule has 1 unspecified atom stereocenters. The van der Waals surface area contributed by atoms with Crippen LogP contribution in [0.5, 0.6) is 0 Å². The van der Waals surface area contributed by atoms with E-state index in [0.29, 0.717) is 13.1 Å². The van der Waals surface area contributed by atoms with Gasteiger partial charge in [-0.15, -0.1) is 0 Å². The van der Waals surface area contributed by atoms with Crippen molar-refractivity contribution in [3.05, 3.63) is 0 Å². The van der Waals surface area contributed by atoms with E-state index in [4.69, 9.17) is 5.73 Å². The third-order valence-electron chi connectivity index (χ3n) is 2.79. The predicted molar refractivity (Wildman–Crippen MR) is 56.9 cm³/mol. The molecule has 1 saturated heterocycles. The van der Waals surface area contributed by atoms with Crippen molar-refractivity contribution in [3.8, 4) is 0 Å². The SMILES string of the molecule is CC1(C(=O)NCCCN)CCCCN1. The van der Waals surface area contributed by atoms with E-state index in [1.165, 1.54) is 6.42 Å². The third kappa shape index (κ3) is 2.96. The van der Waals surface area contributed by atoms with E-state index in [0.717, 1.165) is 25.8 Å². The summed E-state index contributed by atoms with van der Waals surface area (Å²) in [6.07, 6.45) is 4.09. The Labute approximate surface area is 85.6 Å². The molecule has 0 spiro atoms. The van der Waals surface area contributed by atoms with Gasteiger partial charge in [-0.3, -0.25) is 4.79 Å². The van der Waals surface area contributed by atoms with Crippen molar-refractivity contribution in [2.45, 2.75) is 38.1 Å². The van der Waals surface area contributed by atoms with Crippen LogP contribution in [0.4, 0.5) is 0 Å². The van der Waals surface area contributed by atoms with Crippen LogP contribution in [0.3, 0.4) is 0 Å². The maximum absolute atomic E-state index is 11.8. The second-order valence-electron chi connectivity index (χ2n) is 4.11. The smallest absolute Gasteiger partial charge is 0.240 e. The van der Waals surface area contributed by atoms with Gasteiger partial charge in [-0.2, -0.15) is 0 Å². The molecular weight excluding hydrogens is 178 g/mol. The van der Waals surface area contributed by atoms with Gasteiger partial charge in [0, 0.05) is 6.54 Å². The first-order chi connectivity index (χ1) is 6.69. The summed E-state index contributed by atoms with van der Waals surface area (Å²) in [6.45, 7) is 4.24. The Morgan fingerprint density at radius 3 is 2.93 bits per heavy atom. The lowest BCUT2D eigenvalue weighted by Crippen LogP contribution is -2.57. The fourth-order valence-electron chi connectivity index (χ4n) is 1.75. The molecule has 1 aliphatic heterocycles. The van der Waals surface area contributed by atoms with Gasteiger partial charge < -0.3 is 16.4 Å². The number of carbonyl (C=O) groups is 1. The van der Waals surface area contributed by atoms with Crippen molar-refractivity contribution in [2.75, 3.05) is 19.6 Å². The average molecular weight is 199 g/mol. The van der Waals surface area contributed by atoms with E-state index >= 15 is 0 Å². The molecule has 0 bridgehead atoms. The highest BCUT2D eigenvalue weighted by Gasteiger charge is 2.33. The Bertz CT molecular complexity index is 188. The van der Waals surface area contributed by atoms with Crippen LogP contribution >= 0.6 is 0 Å². The van der Waals surface area contributed by atoms with Crippen LogP contribution in [0.15, 0.2) is 0 Å². The van der Waals surface area contributed by atoms with E-state index in [1.54, 1.807) is 0 Å². The van der Waals surface area contributed by atoms with Gasteiger partial charge in [-0.1, -0.05) is 0 Å². The molecule has 14 heavy (non-hydrogen) atoms. The van der Waals surface area contributed by atoms with Gasteiger partial charge in [0.05, 0.1) is 5.54 Å². The summed E-state index contributed by atoms with van der Waals surface area (Å²) in [5, 5.41) is 6.19. The van der Waals surface area contributed by atoms with Gasteiger partial charge in [-0.25, -0.2) is 0 Å². The molecule has 0 saturated carbocycles. The Hall–Kier alpha value is -0.610. The standard InChI is InChI=1S/C10H21N3O/c1-10(5-2-3-8-13-10)9(14)12-7-4-6-11/h13H,2-8,11H2,1H3,(H,12,14). The molecule has 0 radical (unpaired) electrons. The largest absolute Gasteiger partial charge is 0.354 e. The van der Waals surface area contributed by atoms with Gasteiger partial charge in [0.2, 0.25) is 5.91 Å². The number of nitrogens with two attached hydrogens (primary N) is 1. The highest BCUT2D eigenvalue weighted by molar-refractivity contribution is 5.85. The molecule has 0 aromatic carbocycles. The maximum atomic E-state index is 11.8. The van der Waals surface area contributed by atoms with Crippen molar-refractivity contribution in [1.29, 1.82) is 0 Å². The highest BCUT2D eigenvalue weighted by atomic mass is 16.2. The molecule has 1 atom stereocenters. The van der Waals surface area contributed by atoms with E-state index in [1.807, 2.05) is 6.92 Å². The second kappa shape index (κ2) is 5.32. The molecule has 4 nitrogen and oxygen atoms in total. The first-order valence-corrected chi connectivity index (χ1v) is 5.42. The summed E-state index contributed by atoms with van der Waals surface area (Å²) < 4.78 is 0. The second-order valence-corrected chi connectivity index (χ2v) is 4.11. The highest BCUT2D eigenvalue weighted by Crippen LogP contribution is 2.18. The molecule has 4 N–H and O–H groups in total. The Morgan fingerprint density at radius 1 is 1.57 bits per heavy atom. The normalized spacial score (nSPS) is 27.3. The van der Waals surface area contributed by atoms with Gasteiger partial charge in [0.25, 0.3) is 0 Å². The minimum absolute atomic E-state index is 0.116. The minimum Gasteiger partial charge on any atom is -0.354 e. The minimum atomic E-state index is -0.354. The quantitative estimate of drug-likeness (QED) is 0.558. The zero-order chi connectivity index (χ0) is 10.4. The molecule has 1 amide bonds. The van der Waals surface area contributed by atoms with Gasteiger partial charge in [0.1, 0.15) is 0 Å². The van der Waals surface area contributed by atoms with Crippen LogP contribution in [0.25, 0.3) is 0 Å². The van der Waals surface area contributed by atoms with Gasteiger partial charge in [-0.05, 0) is 45.7 Å².